The van der Waals surface area contributed by atoms with Crippen molar-refractivity contribution in [1.29, 1.82) is 0 Å². The van der Waals surface area contributed by atoms with Crippen LogP contribution in [0.3, 0.4) is 0 Å². The Bertz CT molecular complexity index is 415. The van der Waals surface area contributed by atoms with Crippen LogP contribution in [0.5, 0.6) is 0 Å². The first-order valence-corrected chi connectivity index (χ1v) is 9.06. The number of benzene rings is 1. The molecular weight excluding hydrogens is 252 g/mol. The molecule has 2 rings (SSSR count). The lowest BCUT2D eigenvalue weighted by Crippen LogP contribution is -2.12. The van der Waals surface area contributed by atoms with Gasteiger partial charge in [0.15, 0.2) is 0 Å². The van der Waals surface area contributed by atoms with E-state index in [4.69, 9.17) is 0 Å². The highest BCUT2D eigenvalue weighted by molar-refractivity contribution is 5.15. The summed E-state index contributed by atoms with van der Waals surface area (Å²) in [5.74, 6) is 1.82. The minimum atomic E-state index is 0.858. The standard InChI is InChI=1S/C21H32/c1-3-9-20(21-16-14-18(4-2)15-17-21)13-8-12-19-10-6-5-7-11-19/h5-7,10-11,16,18,20H,3-4,8-9,12-15,17H2,1-2H3. The second-order valence-corrected chi connectivity index (χ2v) is 6.69. The third kappa shape index (κ3) is 5.34. The lowest BCUT2D eigenvalue weighted by molar-refractivity contribution is 0.407. The van der Waals surface area contributed by atoms with Gasteiger partial charge < -0.3 is 0 Å². The van der Waals surface area contributed by atoms with Crippen molar-refractivity contribution in [3.8, 4) is 0 Å². The molecule has 0 aromatic heterocycles. The lowest BCUT2D eigenvalue weighted by Gasteiger charge is -2.26. The normalized spacial score (nSPS) is 20.1. The van der Waals surface area contributed by atoms with Crippen molar-refractivity contribution < 1.29 is 0 Å². The largest absolute Gasteiger partial charge is 0.0848 e. The van der Waals surface area contributed by atoms with Crippen molar-refractivity contribution in [3.05, 3.63) is 47.5 Å². The Labute approximate surface area is 131 Å². The third-order valence-electron chi connectivity index (χ3n) is 5.15. The summed E-state index contributed by atoms with van der Waals surface area (Å²) in [4.78, 5) is 0. The molecule has 0 saturated heterocycles. The molecule has 0 spiro atoms. The van der Waals surface area contributed by atoms with E-state index in [1.165, 1.54) is 63.4 Å². The Morgan fingerprint density at radius 1 is 1.10 bits per heavy atom. The molecule has 1 aromatic rings. The summed E-state index contributed by atoms with van der Waals surface area (Å²) in [6.07, 6.45) is 14.8. The van der Waals surface area contributed by atoms with Crippen LogP contribution in [0, 0.1) is 11.8 Å². The van der Waals surface area contributed by atoms with Crippen LogP contribution >= 0.6 is 0 Å². The van der Waals surface area contributed by atoms with Gasteiger partial charge >= 0.3 is 0 Å². The van der Waals surface area contributed by atoms with Gasteiger partial charge in [-0.3, -0.25) is 0 Å². The molecule has 0 heterocycles. The highest BCUT2D eigenvalue weighted by Gasteiger charge is 2.19. The van der Waals surface area contributed by atoms with E-state index in [2.05, 4.69) is 50.3 Å². The van der Waals surface area contributed by atoms with E-state index in [-0.39, 0.29) is 0 Å². The highest BCUT2D eigenvalue weighted by Crippen LogP contribution is 2.34. The number of rotatable bonds is 8. The molecule has 21 heavy (non-hydrogen) atoms. The second-order valence-electron chi connectivity index (χ2n) is 6.69. The van der Waals surface area contributed by atoms with E-state index < -0.39 is 0 Å². The molecule has 0 fully saturated rings. The van der Waals surface area contributed by atoms with E-state index in [1.54, 1.807) is 5.57 Å². The first-order valence-electron chi connectivity index (χ1n) is 9.06. The smallest absolute Gasteiger partial charge is 0.0203 e. The number of allylic oxidation sites excluding steroid dienone is 2. The fourth-order valence-electron chi connectivity index (χ4n) is 3.71. The van der Waals surface area contributed by atoms with Gasteiger partial charge in [0.25, 0.3) is 0 Å². The van der Waals surface area contributed by atoms with Gasteiger partial charge in [0.05, 0.1) is 0 Å². The van der Waals surface area contributed by atoms with E-state index in [1.807, 2.05) is 0 Å². The van der Waals surface area contributed by atoms with Crippen LogP contribution in [-0.2, 0) is 6.42 Å². The summed E-state index contributed by atoms with van der Waals surface area (Å²) in [7, 11) is 0. The molecule has 0 aliphatic heterocycles. The average Bonchev–Trinajstić information content (AvgIpc) is 2.55. The monoisotopic (exact) mass is 284 g/mol. The minimum Gasteiger partial charge on any atom is -0.0848 e. The van der Waals surface area contributed by atoms with E-state index in [0.29, 0.717) is 0 Å². The van der Waals surface area contributed by atoms with Gasteiger partial charge in [0.2, 0.25) is 0 Å². The molecule has 1 aromatic carbocycles. The third-order valence-corrected chi connectivity index (χ3v) is 5.15. The molecule has 2 unspecified atom stereocenters. The molecule has 0 bridgehead atoms. The Balaban J connectivity index is 1.83. The summed E-state index contributed by atoms with van der Waals surface area (Å²) in [6.45, 7) is 4.68. The highest BCUT2D eigenvalue weighted by atomic mass is 14.2. The zero-order valence-electron chi connectivity index (χ0n) is 14.0. The van der Waals surface area contributed by atoms with Crippen molar-refractivity contribution in [2.45, 2.75) is 71.6 Å². The van der Waals surface area contributed by atoms with Crippen LogP contribution in [0.25, 0.3) is 0 Å². The van der Waals surface area contributed by atoms with E-state index in [0.717, 1.165) is 11.8 Å². The summed E-state index contributed by atoms with van der Waals surface area (Å²) in [6, 6.07) is 11.0. The molecule has 0 heteroatoms. The second kappa shape index (κ2) is 9.07. The van der Waals surface area contributed by atoms with E-state index in [9.17, 15) is 0 Å². The first-order chi connectivity index (χ1) is 10.3. The van der Waals surface area contributed by atoms with Crippen molar-refractivity contribution in [2.75, 3.05) is 0 Å². The van der Waals surface area contributed by atoms with Gasteiger partial charge in [-0.25, -0.2) is 0 Å². The van der Waals surface area contributed by atoms with E-state index >= 15 is 0 Å². The fourth-order valence-corrected chi connectivity index (χ4v) is 3.71. The Morgan fingerprint density at radius 3 is 2.52 bits per heavy atom. The molecule has 0 amide bonds. The van der Waals surface area contributed by atoms with Crippen LogP contribution in [0.15, 0.2) is 42.0 Å². The summed E-state index contributed by atoms with van der Waals surface area (Å²) in [5.41, 5.74) is 3.28. The molecule has 0 nitrogen and oxygen atoms in total. The van der Waals surface area contributed by atoms with Gasteiger partial charge in [-0.15, -0.1) is 0 Å². The first kappa shape index (κ1) is 16.3. The van der Waals surface area contributed by atoms with Crippen molar-refractivity contribution in [2.24, 2.45) is 11.8 Å². The van der Waals surface area contributed by atoms with Gasteiger partial charge in [-0.2, -0.15) is 0 Å². The molecular formula is C21H32. The van der Waals surface area contributed by atoms with Crippen molar-refractivity contribution in [1.82, 2.24) is 0 Å². The zero-order chi connectivity index (χ0) is 14.9. The van der Waals surface area contributed by atoms with Crippen LogP contribution in [0.1, 0.15) is 70.8 Å². The van der Waals surface area contributed by atoms with Crippen molar-refractivity contribution >= 4 is 0 Å². The molecule has 116 valence electrons. The number of hydrogen-bond acceptors (Lipinski definition) is 0. The van der Waals surface area contributed by atoms with Crippen LogP contribution in [0.2, 0.25) is 0 Å². The molecule has 1 aliphatic carbocycles. The van der Waals surface area contributed by atoms with Gasteiger partial charge in [0, 0.05) is 0 Å². The Hall–Kier alpha value is -1.04. The molecule has 1 aliphatic rings. The van der Waals surface area contributed by atoms with Gasteiger partial charge in [-0.1, -0.05) is 68.7 Å². The van der Waals surface area contributed by atoms with Crippen molar-refractivity contribution in [3.63, 3.8) is 0 Å². The Morgan fingerprint density at radius 2 is 1.90 bits per heavy atom. The van der Waals surface area contributed by atoms with Crippen LogP contribution in [-0.4, -0.2) is 0 Å². The molecule has 0 saturated carbocycles. The number of hydrogen-bond donors (Lipinski definition) is 0. The maximum atomic E-state index is 2.60. The Kier molecular flexibility index (Phi) is 7.06. The zero-order valence-corrected chi connectivity index (χ0v) is 14.0. The predicted molar refractivity (Wildman–Crippen MR) is 93.5 cm³/mol. The van der Waals surface area contributed by atoms with Crippen LogP contribution in [0.4, 0.5) is 0 Å². The molecule has 0 radical (unpaired) electrons. The summed E-state index contributed by atoms with van der Waals surface area (Å²) < 4.78 is 0. The SMILES string of the molecule is CCCC(CCCc1ccccc1)C1=CCC(CC)CC1. The summed E-state index contributed by atoms with van der Waals surface area (Å²) >= 11 is 0. The lowest BCUT2D eigenvalue weighted by atomic mass is 9.79. The minimum absolute atomic E-state index is 0.858. The predicted octanol–water partition coefficient (Wildman–Crippen LogP) is 6.56. The quantitative estimate of drug-likeness (QED) is 0.474. The molecule has 2 atom stereocenters. The topological polar surface area (TPSA) is 0 Å². The van der Waals surface area contributed by atoms with Gasteiger partial charge in [0.1, 0.15) is 0 Å². The fraction of sp³-hybridized carbons (Fsp3) is 0.619. The maximum Gasteiger partial charge on any atom is -0.0203 e. The van der Waals surface area contributed by atoms with Crippen LogP contribution < -0.4 is 0 Å². The molecule has 0 N–H and O–H groups in total. The maximum absolute atomic E-state index is 2.60. The average molecular weight is 284 g/mol. The number of aryl methyl sites for hydroxylation is 1. The summed E-state index contributed by atoms with van der Waals surface area (Å²) in [5, 5.41) is 0. The van der Waals surface area contributed by atoms with Gasteiger partial charge in [-0.05, 0) is 62.3 Å².